The molecule has 0 heterocycles. The van der Waals surface area contributed by atoms with Crippen LogP contribution in [-0.4, -0.2) is 78.9 Å². The lowest BCUT2D eigenvalue weighted by atomic mass is 10.2. The molecule has 0 saturated heterocycles. The fourth-order valence-electron chi connectivity index (χ4n) is 1.97. The Balaban J connectivity index is 6.67. The summed E-state index contributed by atoms with van der Waals surface area (Å²) in [6.45, 7) is 0. The second kappa shape index (κ2) is 12.7. The third-order valence-electron chi connectivity index (χ3n) is 4.30. The Kier molecular flexibility index (Phi) is 12.1. The van der Waals surface area contributed by atoms with E-state index in [1.165, 1.54) is 0 Å². The minimum atomic E-state index is -8.89. The first-order valence-electron chi connectivity index (χ1n) is 9.96. The van der Waals surface area contributed by atoms with Crippen LogP contribution in [0.15, 0.2) is 12.1 Å². The van der Waals surface area contributed by atoms with Gasteiger partial charge in [0, 0.05) is 0 Å². The highest BCUT2D eigenvalue weighted by Gasteiger charge is 2.87. The molecule has 0 aliphatic heterocycles. The van der Waals surface area contributed by atoms with E-state index >= 15 is 0 Å². The molecule has 0 aromatic heterocycles. The van der Waals surface area contributed by atoms with Crippen molar-refractivity contribution in [3.05, 3.63) is 12.1 Å². The van der Waals surface area contributed by atoms with Gasteiger partial charge in [-0.2, -0.15) is 119 Å². The van der Waals surface area contributed by atoms with Gasteiger partial charge < -0.3 is 4.74 Å². The van der Waals surface area contributed by atoms with Gasteiger partial charge in [0.15, 0.2) is 0 Å². The van der Waals surface area contributed by atoms with Crippen LogP contribution in [0.25, 0.3) is 0 Å². The maximum Gasteiger partial charge on any atom is 0.527 e. The third kappa shape index (κ3) is 8.49. The summed E-state index contributed by atoms with van der Waals surface area (Å²) in [4.78, 5) is 0. The Labute approximate surface area is 248 Å². The SMILES string of the molecule is FC(F)=C(F)OC(F)(F)C(F)(F)C(F)(F)OC(F)(F)C(F)(F)C(F)(F)OC(F)(F)C(F)(F)C(F)(F)OC(F)(F)C(F)(F)C(F)(F)OC(F)(F)F. The average molecular weight is 830 g/mol. The normalized spacial score (nSPS) is 16.1. The largest absolute Gasteiger partial charge is 0.527 e. The van der Waals surface area contributed by atoms with E-state index in [9.17, 15) is 132 Å². The van der Waals surface area contributed by atoms with Crippen LogP contribution in [0.4, 0.5) is 132 Å². The number of hydrogen-bond donors (Lipinski definition) is 0. The molecule has 0 unspecified atom stereocenters. The van der Waals surface area contributed by atoms with Crippen molar-refractivity contribution in [2.24, 2.45) is 0 Å². The molecule has 0 aliphatic carbocycles. The summed E-state index contributed by atoms with van der Waals surface area (Å²) in [7, 11) is 0. The van der Waals surface area contributed by atoms with E-state index in [2.05, 4.69) is 0 Å². The molecule has 0 rings (SSSR count). The summed E-state index contributed by atoms with van der Waals surface area (Å²) < 4.78 is 394. The molecule has 0 bridgehead atoms. The molecule has 5 nitrogen and oxygen atoms in total. The summed E-state index contributed by atoms with van der Waals surface area (Å²) in [6, 6.07) is -4.28. The summed E-state index contributed by atoms with van der Waals surface area (Å²) >= 11 is 0. The third-order valence-corrected chi connectivity index (χ3v) is 4.30. The highest BCUT2D eigenvalue weighted by Crippen LogP contribution is 2.59. The standard InChI is InChI=1S/C15F30O5/c16-1(17)2(18)46-7(27,28)3(19,20)8(29,30)47-9(31,32)4(21,22)10(33,34)48-11(35,36)5(23,24)12(37,38)49-13(39,40)6(25,26)14(41,42)50-15(43,44)45. The lowest BCUT2D eigenvalue weighted by molar-refractivity contribution is -0.568. The molecule has 0 aromatic rings. The summed E-state index contributed by atoms with van der Waals surface area (Å²) in [5.41, 5.74) is 0. The molecule has 300 valence electrons. The van der Waals surface area contributed by atoms with E-state index in [0.717, 1.165) is 18.9 Å². The van der Waals surface area contributed by atoms with E-state index in [0.29, 0.717) is 0 Å². The van der Waals surface area contributed by atoms with Crippen LogP contribution < -0.4 is 0 Å². The molecule has 0 aromatic carbocycles. The summed E-state index contributed by atoms with van der Waals surface area (Å²) in [5.74, 6) is -34.4. The molecular formula is C15F30O5. The molecule has 35 heteroatoms. The van der Waals surface area contributed by atoms with Crippen LogP contribution in [0.2, 0.25) is 0 Å². The Bertz CT molecular complexity index is 1230. The zero-order chi connectivity index (χ0) is 41.2. The van der Waals surface area contributed by atoms with E-state index in [1.807, 2.05) is 0 Å². The van der Waals surface area contributed by atoms with Gasteiger partial charge in [-0.3, -0.25) is 0 Å². The van der Waals surface area contributed by atoms with Crippen molar-refractivity contribution < 1.29 is 155 Å². The highest BCUT2D eigenvalue weighted by molar-refractivity contribution is 4.97. The molecule has 0 radical (unpaired) electrons. The molecule has 0 atom stereocenters. The molecule has 0 fully saturated rings. The number of hydrogen-bond acceptors (Lipinski definition) is 5. The maximum atomic E-state index is 13.5. The molecule has 0 saturated carbocycles. The van der Waals surface area contributed by atoms with E-state index in [4.69, 9.17) is 0 Å². The van der Waals surface area contributed by atoms with Crippen molar-refractivity contribution in [1.82, 2.24) is 0 Å². The van der Waals surface area contributed by atoms with Crippen molar-refractivity contribution in [2.75, 3.05) is 0 Å². The van der Waals surface area contributed by atoms with Gasteiger partial charge >= 0.3 is 91.0 Å². The number of rotatable bonds is 17. The number of alkyl halides is 27. The number of ether oxygens (including phenoxy) is 5. The number of halogens is 30. The first-order chi connectivity index (χ1) is 21.2. The second-order valence-corrected chi connectivity index (χ2v) is 7.92. The smallest absolute Gasteiger partial charge is 0.397 e. The van der Waals surface area contributed by atoms with Gasteiger partial charge in [0.25, 0.3) is 0 Å². The fourth-order valence-corrected chi connectivity index (χ4v) is 1.97. The van der Waals surface area contributed by atoms with Crippen LogP contribution in [0.3, 0.4) is 0 Å². The maximum absolute atomic E-state index is 13.5. The predicted octanol–water partition coefficient (Wildman–Crippen LogP) is 9.91. The monoisotopic (exact) mass is 830 g/mol. The van der Waals surface area contributed by atoms with Gasteiger partial charge in [-0.15, -0.1) is 13.2 Å². The quantitative estimate of drug-likeness (QED) is 0.108. The second-order valence-electron chi connectivity index (χ2n) is 7.92. The average Bonchev–Trinajstić information content (AvgIpc) is 2.79. The molecule has 0 N–H and O–H groups in total. The van der Waals surface area contributed by atoms with Crippen LogP contribution >= 0.6 is 0 Å². The Morgan fingerprint density at radius 2 is 0.440 bits per heavy atom. The van der Waals surface area contributed by atoms with Gasteiger partial charge in [0.1, 0.15) is 0 Å². The van der Waals surface area contributed by atoms with Crippen LogP contribution in [0.5, 0.6) is 0 Å². The van der Waals surface area contributed by atoms with Gasteiger partial charge in [-0.1, -0.05) is 0 Å². The van der Waals surface area contributed by atoms with Gasteiger partial charge in [-0.05, 0) is 0 Å². The van der Waals surface area contributed by atoms with Gasteiger partial charge in [0.05, 0.1) is 0 Å². The van der Waals surface area contributed by atoms with Crippen molar-refractivity contribution in [1.29, 1.82) is 0 Å². The molecule has 0 aliphatic rings. The molecule has 0 spiro atoms. The zero-order valence-electron chi connectivity index (χ0n) is 20.9. The van der Waals surface area contributed by atoms with Crippen molar-refractivity contribution in [2.45, 2.75) is 78.9 Å². The Hall–Kier alpha value is -2.72. The summed E-state index contributed by atoms with van der Waals surface area (Å²) in [6.07, 6.45) is -78.7. The van der Waals surface area contributed by atoms with E-state index < -0.39 is 91.0 Å². The zero-order valence-corrected chi connectivity index (χ0v) is 20.9. The molecule has 50 heavy (non-hydrogen) atoms. The van der Waals surface area contributed by atoms with Crippen molar-refractivity contribution in [3.63, 3.8) is 0 Å². The van der Waals surface area contributed by atoms with E-state index in [1.54, 1.807) is 4.74 Å². The predicted molar refractivity (Wildman–Crippen MR) is 81.2 cm³/mol. The van der Waals surface area contributed by atoms with Gasteiger partial charge in [0.2, 0.25) is 0 Å². The topological polar surface area (TPSA) is 46.2 Å². The van der Waals surface area contributed by atoms with Crippen LogP contribution in [0, 0.1) is 0 Å². The molecular weight excluding hydrogens is 830 g/mol. The van der Waals surface area contributed by atoms with Crippen LogP contribution in [0.1, 0.15) is 0 Å². The first-order valence-corrected chi connectivity index (χ1v) is 9.96. The first kappa shape index (κ1) is 47.3. The van der Waals surface area contributed by atoms with Gasteiger partial charge in [-0.25, -0.2) is 18.9 Å². The van der Waals surface area contributed by atoms with Crippen molar-refractivity contribution in [3.8, 4) is 0 Å². The lowest BCUT2D eigenvalue weighted by Crippen LogP contribution is -2.67. The van der Waals surface area contributed by atoms with Crippen molar-refractivity contribution >= 4 is 0 Å². The van der Waals surface area contributed by atoms with E-state index in [-0.39, 0.29) is 0 Å². The minimum absolute atomic E-state index is 0.822. The Morgan fingerprint density at radius 1 is 0.260 bits per heavy atom. The molecule has 0 amide bonds. The summed E-state index contributed by atoms with van der Waals surface area (Å²) in [5, 5.41) is 0. The lowest BCUT2D eigenvalue weighted by Gasteiger charge is -2.39. The fraction of sp³-hybridized carbons (Fsp3) is 0.867. The Morgan fingerprint density at radius 3 is 0.620 bits per heavy atom. The minimum Gasteiger partial charge on any atom is -0.397 e. The van der Waals surface area contributed by atoms with Crippen LogP contribution in [-0.2, 0) is 23.7 Å². The highest BCUT2D eigenvalue weighted by atomic mass is 19.4.